The number of aromatic nitrogens is 2. The summed E-state index contributed by atoms with van der Waals surface area (Å²) in [6.45, 7) is 0.201. The first kappa shape index (κ1) is 22.5. The van der Waals surface area contributed by atoms with Gasteiger partial charge < -0.3 is 0 Å². The number of rotatable bonds is 5. The molecule has 9 heteroatoms. The second-order valence-electron chi connectivity index (χ2n) is 7.26. The van der Waals surface area contributed by atoms with Crippen LogP contribution in [0.3, 0.4) is 0 Å². The molecule has 7 nitrogen and oxygen atoms in total. The molecule has 2 N–H and O–H groups in total. The monoisotopic (exact) mass is 480 g/mol. The van der Waals surface area contributed by atoms with Crippen LogP contribution in [0.25, 0.3) is 10.8 Å². The fraction of sp³-hybridized carbons (Fsp3) is 0.0833. The molecule has 3 aromatic carbocycles. The van der Waals surface area contributed by atoms with Crippen molar-refractivity contribution in [2.24, 2.45) is 0 Å². The van der Waals surface area contributed by atoms with E-state index in [1.165, 1.54) is 10.7 Å². The molecular formula is C24H18Cl2N4O3. The standard InChI is InChI=1S/C24H18Cl2N4O3/c25-17-11-10-16(20(26)13-17)12-21(31)27-28-23(32)22-18-8-4-5-9-19(18)24(33)30(29-22)14-15-6-2-1-3-7-15/h1-11,13H,12,14H2,(H,27,31)(H,28,32). The summed E-state index contributed by atoms with van der Waals surface area (Å²) in [4.78, 5) is 38.1. The normalized spacial score (nSPS) is 10.7. The topological polar surface area (TPSA) is 93.1 Å². The van der Waals surface area contributed by atoms with Crippen LogP contribution < -0.4 is 16.4 Å². The Morgan fingerprint density at radius 2 is 1.58 bits per heavy atom. The average molecular weight is 481 g/mol. The van der Waals surface area contributed by atoms with E-state index < -0.39 is 11.8 Å². The Morgan fingerprint density at radius 3 is 2.30 bits per heavy atom. The minimum atomic E-state index is -0.649. The van der Waals surface area contributed by atoms with Crippen molar-refractivity contribution in [2.75, 3.05) is 0 Å². The van der Waals surface area contributed by atoms with Crippen LogP contribution in [0.1, 0.15) is 21.6 Å². The molecule has 2 amide bonds. The largest absolute Gasteiger partial charge is 0.290 e. The van der Waals surface area contributed by atoms with Gasteiger partial charge in [-0.05, 0) is 29.3 Å². The molecule has 4 aromatic rings. The van der Waals surface area contributed by atoms with Crippen molar-refractivity contribution >= 4 is 45.8 Å². The number of fused-ring (bicyclic) bond motifs is 1. The second-order valence-corrected chi connectivity index (χ2v) is 8.10. The molecule has 0 saturated heterocycles. The number of hydrogen-bond donors (Lipinski definition) is 2. The predicted molar refractivity (Wildman–Crippen MR) is 127 cm³/mol. The highest BCUT2D eigenvalue weighted by atomic mass is 35.5. The van der Waals surface area contributed by atoms with Crippen LogP contribution in [0, 0.1) is 0 Å². The van der Waals surface area contributed by atoms with E-state index in [-0.39, 0.29) is 24.2 Å². The van der Waals surface area contributed by atoms with Crippen molar-refractivity contribution in [1.82, 2.24) is 20.6 Å². The Kier molecular flexibility index (Phi) is 6.72. The highest BCUT2D eigenvalue weighted by Crippen LogP contribution is 2.21. The van der Waals surface area contributed by atoms with Gasteiger partial charge in [0.2, 0.25) is 5.91 Å². The van der Waals surface area contributed by atoms with Gasteiger partial charge in [-0.3, -0.25) is 25.2 Å². The van der Waals surface area contributed by atoms with Crippen LogP contribution in [0.15, 0.2) is 77.6 Å². The van der Waals surface area contributed by atoms with Crippen molar-refractivity contribution in [3.05, 3.63) is 110 Å². The summed E-state index contributed by atoms with van der Waals surface area (Å²) in [7, 11) is 0. The lowest BCUT2D eigenvalue weighted by Gasteiger charge is -2.12. The first-order valence-corrected chi connectivity index (χ1v) is 10.7. The summed E-state index contributed by atoms with van der Waals surface area (Å²) in [6.07, 6.45) is -0.0576. The first-order valence-electron chi connectivity index (χ1n) is 9.99. The molecule has 1 heterocycles. The molecule has 0 aliphatic rings. The number of carbonyl (C=O) groups is 2. The Morgan fingerprint density at radius 1 is 0.879 bits per heavy atom. The highest BCUT2D eigenvalue weighted by Gasteiger charge is 2.18. The average Bonchev–Trinajstić information content (AvgIpc) is 2.82. The van der Waals surface area contributed by atoms with Crippen LogP contribution >= 0.6 is 23.2 Å². The minimum Gasteiger partial charge on any atom is -0.273 e. The minimum absolute atomic E-state index is 0.0194. The van der Waals surface area contributed by atoms with Gasteiger partial charge in [0, 0.05) is 15.4 Å². The third-order valence-electron chi connectivity index (χ3n) is 4.94. The number of hydrazine groups is 1. The lowest BCUT2D eigenvalue weighted by Crippen LogP contribution is -2.43. The van der Waals surface area contributed by atoms with Gasteiger partial charge >= 0.3 is 0 Å². The maximum atomic E-state index is 12.9. The molecule has 0 unspecified atom stereocenters. The van der Waals surface area contributed by atoms with Crippen LogP contribution in [-0.2, 0) is 17.8 Å². The van der Waals surface area contributed by atoms with E-state index in [1.807, 2.05) is 30.3 Å². The first-order chi connectivity index (χ1) is 15.9. The van der Waals surface area contributed by atoms with Crippen LogP contribution in [-0.4, -0.2) is 21.6 Å². The summed E-state index contributed by atoms with van der Waals surface area (Å²) < 4.78 is 1.24. The van der Waals surface area contributed by atoms with E-state index in [0.29, 0.717) is 26.4 Å². The molecule has 0 atom stereocenters. The number of benzene rings is 3. The molecule has 1 aromatic heterocycles. The Bertz CT molecular complexity index is 1400. The van der Waals surface area contributed by atoms with E-state index in [1.54, 1.807) is 36.4 Å². The summed E-state index contributed by atoms with van der Waals surface area (Å²) >= 11 is 12.0. The molecule has 0 fully saturated rings. The van der Waals surface area contributed by atoms with Gasteiger partial charge in [0.15, 0.2) is 5.69 Å². The van der Waals surface area contributed by atoms with Gasteiger partial charge in [0.05, 0.1) is 18.4 Å². The fourth-order valence-corrected chi connectivity index (χ4v) is 3.81. The van der Waals surface area contributed by atoms with Gasteiger partial charge in [-0.2, -0.15) is 5.10 Å². The van der Waals surface area contributed by atoms with Gasteiger partial charge in [-0.25, -0.2) is 4.68 Å². The molecule has 33 heavy (non-hydrogen) atoms. The van der Waals surface area contributed by atoms with E-state index in [2.05, 4.69) is 16.0 Å². The number of hydrogen-bond acceptors (Lipinski definition) is 4. The van der Waals surface area contributed by atoms with Gasteiger partial charge in [0.1, 0.15) is 0 Å². The third kappa shape index (κ3) is 5.22. The molecule has 0 saturated carbocycles. The molecule has 166 valence electrons. The molecule has 0 aliphatic carbocycles. The Hall–Kier alpha value is -3.68. The zero-order chi connectivity index (χ0) is 23.4. The number of nitrogens with one attached hydrogen (secondary N) is 2. The van der Waals surface area contributed by atoms with Crippen molar-refractivity contribution < 1.29 is 9.59 Å². The smallest absolute Gasteiger partial charge is 0.273 e. The van der Waals surface area contributed by atoms with Crippen LogP contribution in [0.2, 0.25) is 10.0 Å². The van der Waals surface area contributed by atoms with Gasteiger partial charge in [0.25, 0.3) is 11.5 Å². The molecular weight excluding hydrogens is 463 g/mol. The van der Waals surface area contributed by atoms with E-state index >= 15 is 0 Å². The number of amides is 2. The highest BCUT2D eigenvalue weighted by molar-refractivity contribution is 6.35. The Balaban J connectivity index is 1.56. The van der Waals surface area contributed by atoms with E-state index in [0.717, 1.165) is 5.56 Å². The zero-order valence-electron chi connectivity index (χ0n) is 17.2. The summed E-state index contributed by atoms with van der Waals surface area (Å²) in [5, 5.41) is 5.84. The van der Waals surface area contributed by atoms with Crippen LogP contribution in [0.4, 0.5) is 0 Å². The van der Waals surface area contributed by atoms with E-state index in [9.17, 15) is 14.4 Å². The van der Waals surface area contributed by atoms with Gasteiger partial charge in [-0.15, -0.1) is 0 Å². The predicted octanol–water partition coefficient (Wildman–Crippen LogP) is 3.76. The quantitative estimate of drug-likeness (QED) is 0.425. The Labute approximate surface area is 198 Å². The number of nitrogens with zero attached hydrogens (tertiary/aromatic N) is 2. The SMILES string of the molecule is O=C(Cc1ccc(Cl)cc1Cl)NNC(=O)c1nn(Cc2ccccc2)c(=O)c2ccccc12. The molecule has 0 spiro atoms. The molecule has 0 aliphatic heterocycles. The summed E-state index contributed by atoms with van der Waals surface area (Å²) in [5.74, 6) is -1.13. The van der Waals surface area contributed by atoms with Crippen molar-refractivity contribution in [1.29, 1.82) is 0 Å². The van der Waals surface area contributed by atoms with Crippen molar-refractivity contribution in [3.8, 4) is 0 Å². The van der Waals surface area contributed by atoms with Crippen molar-refractivity contribution in [2.45, 2.75) is 13.0 Å². The van der Waals surface area contributed by atoms with Crippen molar-refractivity contribution in [3.63, 3.8) is 0 Å². The number of halogens is 2. The second kappa shape index (κ2) is 9.85. The molecule has 0 bridgehead atoms. The van der Waals surface area contributed by atoms with Crippen LogP contribution in [0.5, 0.6) is 0 Å². The fourth-order valence-electron chi connectivity index (χ4n) is 3.33. The lowest BCUT2D eigenvalue weighted by atomic mass is 10.1. The van der Waals surface area contributed by atoms with E-state index in [4.69, 9.17) is 23.2 Å². The maximum absolute atomic E-state index is 12.9. The summed E-state index contributed by atoms with van der Waals surface area (Å²) in [5.41, 5.74) is 5.86. The summed E-state index contributed by atoms with van der Waals surface area (Å²) in [6, 6.07) is 20.8. The lowest BCUT2D eigenvalue weighted by molar-refractivity contribution is -0.121. The molecule has 4 rings (SSSR count). The molecule has 0 radical (unpaired) electrons. The maximum Gasteiger partial charge on any atom is 0.290 e. The van der Waals surface area contributed by atoms with Gasteiger partial charge in [-0.1, -0.05) is 77.8 Å². The third-order valence-corrected chi connectivity index (χ3v) is 5.53. The zero-order valence-corrected chi connectivity index (χ0v) is 18.7. The number of carbonyl (C=O) groups excluding carboxylic acids is 2.